The van der Waals surface area contributed by atoms with Crippen LogP contribution < -0.4 is 11.1 Å². The predicted octanol–water partition coefficient (Wildman–Crippen LogP) is 1.76. The van der Waals surface area contributed by atoms with Crippen molar-refractivity contribution >= 4 is 33.0 Å². The number of nitrogens with zero attached hydrogens (tertiary/aromatic N) is 4. The highest BCUT2D eigenvalue weighted by atomic mass is 79.9. The van der Waals surface area contributed by atoms with Gasteiger partial charge in [0.1, 0.15) is 12.1 Å². The van der Waals surface area contributed by atoms with E-state index in [1.807, 2.05) is 13.2 Å². The van der Waals surface area contributed by atoms with Crippen molar-refractivity contribution in [2.24, 2.45) is 0 Å². The molecule has 2 aliphatic heterocycles. The minimum atomic E-state index is 0.365. The van der Waals surface area contributed by atoms with Gasteiger partial charge >= 0.3 is 0 Å². The number of hydroxylamine groups is 2. The zero-order valence-corrected chi connectivity index (χ0v) is 14.5. The summed E-state index contributed by atoms with van der Waals surface area (Å²) >= 11 is 3.62. The van der Waals surface area contributed by atoms with Crippen LogP contribution in [0.2, 0.25) is 0 Å². The van der Waals surface area contributed by atoms with E-state index in [-0.39, 0.29) is 0 Å². The molecule has 3 N–H and O–H groups in total. The van der Waals surface area contributed by atoms with Crippen LogP contribution in [0.3, 0.4) is 0 Å². The Morgan fingerprint density at radius 2 is 2.35 bits per heavy atom. The number of piperidine rings is 1. The van der Waals surface area contributed by atoms with Crippen LogP contribution >= 0.6 is 15.9 Å². The van der Waals surface area contributed by atoms with Crippen LogP contribution in [0.25, 0.3) is 11.2 Å². The van der Waals surface area contributed by atoms with Gasteiger partial charge in [0.25, 0.3) is 0 Å². The normalized spacial score (nSPS) is 22.3. The second-order valence-electron chi connectivity index (χ2n) is 6.07. The van der Waals surface area contributed by atoms with Crippen molar-refractivity contribution in [3.8, 4) is 0 Å². The van der Waals surface area contributed by atoms with E-state index < -0.39 is 0 Å². The summed E-state index contributed by atoms with van der Waals surface area (Å²) in [5.74, 6) is 0.958. The van der Waals surface area contributed by atoms with Gasteiger partial charge in [-0.05, 0) is 35.3 Å². The van der Waals surface area contributed by atoms with Crippen LogP contribution in [-0.4, -0.2) is 46.3 Å². The van der Waals surface area contributed by atoms with E-state index in [2.05, 4.69) is 26.3 Å². The summed E-state index contributed by atoms with van der Waals surface area (Å²) in [7, 11) is 1.90. The minimum absolute atomic E-state index is 0.365. The zero-order valence-electron chi connectivity index (χ0n) is 12.9. The fourth-order valence-electron chi connectivity index (χ4n) is 3.21. The first kappa shape index (κ1) is 14.9. The van der Waals surface area contributed by atoms with Crippen molar-refractivity contribution in [1.82, 2.24) is 25.0 Å². The average Bonchev–Trinajstić information content (AvgIpc) is 3.17. The molecule has 0 radical (unpaired) electrons. The number of anilines is 1. The summed E-state index contributed by atoms with van der Waals surface area (Å²) in [5, 5.41) is 9.61. The van der Waals surface area contributed by atoms with Crippen molar-refractivity contribution in [2.75, 3.05) is 32.4 Å². The Kier molecular flexibility index (Phi) is 3.74. The molecule has 0 aliphatic carbocycles. The number of nitrogens with one attached hydrogen (secondary N) is 1. The molecule has 4 heterocycles. The summed E-state index contributed by atoms with van der Waals surface area (Å²) < 4.78 is 2.54. The average molecular weight is 379 g/mol. The number of hydrogen-bond donors (Lipinski definition) is 2. The van der Waals surface area contributed by atoms with Crippen LogP contribution in [0.1, 0.15) is 30.0 Å². The fraction of sp³-hybridized carbons (Fsp3) is 0.467. The molecule has 1 saturated heterocycles. The number of aromatic nitrogens is 3. The molecule has 4 rings (SSSR count). The van der Waals surface area contributed by atoms with Crippen molar-refractivity contribution < 1.29 is 4.84 Å². The summed E-state index contributed by atoms with van der Waals surface area (Å²) in [6, 6.07) is 0. The van der Waals surface area contributed by atoms with Crippen LogP contribution in [0.4, 0.5) is 5.82 Å². The van der Waals surface area contributed by atoms with Gasteiger partial charge in [-0.25, -0.2) is 4.98 Å². The molecule has 7 nitrogen and oxygen atoms in total. The molecule has 122 valence electrons. The molecule has 0 spiro atoms. The van der Waals surface area contributed by atoms with Gasteiger partial charge in [-0.2, -0.15) is 9.61 Å². The Hall–Kier alpha value is -1.64. The first-order valence-electron chi connectivity index (χ1n) is 7.76. The highest BCUT2D eigenvalue weighted by Gasteiger charge is 2.25. The van der Waals surface area contributed by atoms with Crippen LogP contribution in [0.15, 0.2) is 16.9 Å². The number of fused-ring (bicyclic) bond motifs is 1. The van der Waals surface area contributed by atoms with Crippen LogP contribution in [0.5, 0.6) is 0 Å². The van der Waals surface area contributed by atoms with Crippen molar-refractivity contribution in [3.05, 3.63) is 28.2 Å². The van der Waals surface area contributed by atoms with E-state index in [1.165, 1.54) is 0 Å². The third kappa shape index (κ3) is 2.50. The minimum Gasteiger partial charge on any atom is -0.413 e. The Balaban J connectivity index is 1.83. The number of rotatable bonds is 2. The lowest BCUT2D eigenvalue weighted by Crippen LogP contribution is -2.29. The SMILES string of the molecule is CN1CC(c2cnn3c(N)c(Br)c(C4CCCNC4)nc23)=CO1. The summed E-state index contributed by atoms with van der Waals surface area (Å²) in [5.41, 5.74) is 10.1. The molecule has 1 unspecified atom stereocenters. The fourth-order valence-corrected chi connectivity index (χ4v) is 3.79. The Bertz CT molecular complexity index is 780. The molecule has 0 bridgehead atoms. The molecule has 2 aromatic rings. The maximum absolute atomic E-state index is 6.30. The van der Waals surface area contributed by atoms with Gasteiger partial charge in [-0.1, -0.05) is 0 Å². The molecular formula is C15H19BrN6O. The maximum atomic E-state index is 6.30. The van der Waals surface area contributed by atoms with Gasteiger partial charge < -0.3 is 15.9 Å². The lowest BCUT2D eigenvalue weighted by atomic mass is 9.96. The molecule has 23 heavy (non-hydrogen) atoms. The van der Waals surface area contributed by atoms with Gasteiger partial charge in [0.15, 0.2) is 5.65 Å². The Morgan fingerprint density at radius 3 is 3.04 bits per heavy atom. The molecule has 1 atom stereocenters. The van der Waals surface area contributed by atoms with Gasteiger partial charge in [0.2, 0.25) is 0 Å². The highest BCUT2D eigenvalue weighted by molar-refractivity contribution is 9.10. The van der Waals surface area contributed by atoms with E-state index in [9.17, 15) is 0 Å². The van der Waals surface area contributed by atoms with Crippen molar-refractivity contribution in [3.63, 3.8) is 0 Å². The van der Waals surface area contributed by atoms with E-state index in [1.54, 1.807) is 15.8 Å². The monoisotopic (exact) mass is 378 g/mol. The summed E-state index contributed by atoms with van der Waals surface area (Å²) in [6.45, 7) is 2.71. The van der Waals surface area contributed by atoms with E-state index in [4.69, 9.17) is 15.6 Å². The van der Waals surface area contributed by atoms with Gasteiger partial charge in [-0.15, -0.1) is 5.06 Å². The number of nitrogens with two attached hydrogens (primary N) is 1. The molecule has 1 fully saturated rings. The lowest BCUT2D eigenvalue weighted by Gasteiger charge is -2.23. The molecule has 2 aromatic heterocycles. The maximum Gasteiger partial charge on any atom is 0.165 e. The third-order valence-corrected chi connectivity index (χ3v) is 5.26. The number of nitrogen functional groups attached to an aromatic ring is 1. The molecular weight excluding hydrogens is 360 g/mol. The van der Waals surface area contributed by atoms with Crippen LogP contribution in [0, 0.1) is 0 Å². The first-order valence-corrected chi connectivity index (χ1v) is 8.55. The summed E-state index contributed by atoms with van der Waals surface area (Å²) in [4.78, 5) is 10.3. The topological polar surface area (TPSA) is 80.7 Å². The van der Waals surface area contributed by atoms with Gasteiger partial charge in [0, 0.05) is 30.6 Å². The van der Waals surface area contributed by atoms with E-state index >= 15 is 0 Å². The molecule has 8 heteroatoms. The quantitative estimate of drug-likeness (QED) is 0.828. The number of hydrogen-bond acceptors (Lipinski definition) is 6. The first-order chi connectivity index (χ1) is 11.1. The van der Waals surface area contributed by atoms with Gasteiger partial charge in [-0.3, -0.25) is 0 Å². The van der Waals surface area contributed by atoms with Gasteiger partial charge in [0.05, 0.1) is 22.9 Å². The van der Waals surface area contributed by atoms with Crippen LogP contribution in [-0.2, 0) is 4.84 Å². The second-order valence-corrected chi connectivity index (χ2v) is 6.86. The summed E-state index contributed by atoms with van der Waals surface area (Å²) in [6.07, 6.45) is 5.83. The molecule has 0 aromatic carbocycles. The van der Waals surface area contributed by atoms with E-state index in [0.717, 1.165) is 52.9 Å². The highest BCUT2D eigenvalue weighted by Crippen LogP contribution is 2.34. The van der Waals surface area contributed by atoms with E-state index in [0.29, 0.717) is 18.3 Å². The predicted molar refractivity (Wildman–Crippen MR) is 91.6 cm³/mol. The Morgan fingerprint density at radius 1 is 1.48 bits per heavy atom. The third-order valence-electron chi connectivity index (χ3n) is 4.45. The standard InChI is InChI=1S/C15H19BrN6O/c1-21-7-10(8-23-21)11-6-19-22-14(17)12(16)13(20-15(11)22)9-3-2-4-18-5-9/h6,8-9,18H,2-5,7,17H2,1H3. The lowest BCUT2D eigenvalue weighted by molar-refractivity contribution is -0.0490. The molecule has 2 aliphatic rings. The zero-order chi connectivity index (χ0) is 16.0. The van der Waals surface area contributed by atoms with Crippen molar-refractivity contribution in [2.45, 2.75) is 18.8 Å². The second kappa shape index (κ2) is 5.77. The number of likely N-dealkylation sites (N-methyl/N-ethyl adjacent to an activating group) is 1. The largest absolute Gasteiger partial charge is 0.413 e. The smallest absolute Gasteiger partial charge is 0.165 e. The molecule has 0 amide bonds. The Labute approximate surface area is 142 Å². The number of halogens is 1. The molecule has 0 saturated carbocycles. The van der Waals surface area contributed by atoms with Crippen molar-refractivity contribution in [1.29, 1.82) is 0 Å².